The average Bonchev–Trinajstić information content (AvgIpc) is 3.04. The first kappa shape index (κ1) is 20.1. The van der Waals surface area contributed by atoms with Gasteiger partial charge < -0.3 is 20.1 Å². The predicted octanol–water partition coefficient (Wildman–Crippen LogP) is 0.501. The number of hydrogen-bond acceptors (Lipinski definition) is 6. The number of benzene rings is 1. The quantitative estimate of drug-likeness (QED) is 0.661. The van der Waals surface area contributed by atoms with Crippen LogP contribution in [0.1, 0.15) is 17.3 Å². The Morgan fingerprint density at radius 3 is 2.63 bits per heavy atom. The van der Waals surface area contributed by atoms with E-state index in [9.17, 15) is 28.0 Å². The van der Waals surface area contributed by atoms with Crippen molar-refractivity contribution in [3.8, 4) is 5.75 Å². The van der Waals surface area contributed by atoms with Crippen molar-refractivity contribution in [1.29, 1.82) is 0 Å². The minimum atomic E-state index is -3.11. The highest BCUT2D eigenvalue weighted by Crippen LogP contribution is 2.20. The number of para-hydroxylation sites is 1. The van der Waals surface area contributed by atoms with Gasteiger partial charge in [-0.1, -0.05) is 12.1 Å². The van der Waals surface area contributed by atoms with E-state index < -0.39 is 43.1 Å². The molecule has 1 saturated heterocycles. The summed E-state index contributed by atoms with van der Waals surface area (Å²) in [4.78, 5) is 48.2. The molecular weight excluding hydrogens is 368 g/mol. The Labute approximate surface area is 152 Å². The summed E-state index contributed by atoms with van der Waals surface area (Å²) in [5, 5.41) is 4.63. The van der Waals surface area contributed by atoms with Crippen LogP contribution in [0.5, 0.6) is 5.75 Å². The van der Waals surface area contributed by atoms with Gasteiger partial charge in [0.05, 0.1) is 5.56 Å². The molecule has 2 N–H and O–H groups in total. The van der Waals surface area contributed by atoms with Gasteiger partial charge in [-0.15, -0.1) is 0 Å². The molecule has 1 aliphatic heterocycles. The average molecular weight is 385 g/mol. The number of nitrogens with zero attached hydrogens (tertiary/aromatic N) is 1. The summed E-state index contributed by atoms with van der Waals surface area (Å²) in [5.41, 5.74) is -0.191. The van der Waals surface area contributed by atoms with Crippen LogP contribution in [-0.2, 0) is 14.3 Å². The lowest BCUT2D eigenvalue weighted by Crippen LogP contribution is -2.43. The van der Waals surface area contributed by atoms with Crippen molar-refractivity contribution in [2.45, 2.75) is 19.6 Å². The molecule has 1 fully saturated rings. The molecule has 1 aliphatic rings. The number of imide groups is 1. The van der Waals surface area contributed by atoms with Gasteiger partial charge in [-0.05, 0) is 19.1 Å². The Bertz CT molecular complexity index is 743. The van der Waals surface area contributed by atoms with E-state index >= 15 is 0 Å². The van der Waals surface area contributed by atoms with Gasteiger partial charge >= 0.3 is 18.6 Å². The number of alkyl halides is 2. The van der Waals surface area contributed by atoms with Gasteiger partial charge in [-0.2, -0.15) is 8.78 Å². The zero-order valence-electron chi connectivity index (χ0n) is 14.2. The summed E-state index contributed by atoms with van der Waals surface area (Å²) < 4.78 is 33.8. The molecule has 27 heavy (non-hydrogen) atoms. The molecule has 0 bridgehead atoms. The molecule has 0 unspecified atom stereocenters. The maximum absolute atomic E-state index is 12.4. The molecule has 0 aliphatic carbocycles. The molecular formula is C16H17F2N3O6. The van der Waals surface area contributed by atoms with E-state index in [1.54, 1.807) is 0 Å². The fourth-order valence-corrected chi connectivity index (χ4v) is 2.29. The number of esters is 1. The number of rotatable bonds is 7. The van der Waals surface area contributed by atoms with Crippen molar-refractivity contribution in [1.82, 2.24) is 15.5 Å². The number of ether oxygens (including phenoxy) is 2. The number of amides is 4. The molecule has 11 heteroatoms. The van der Waals surface area contributed by atoms with Gasteiger partial charge in [0.15, 0.2) is 6.10 Å². The number of carbonyl (C=O) groups excluding carboxylic acids is 4. The standard InChI is InChI=1S/C16H17F2N3O6/c1-9(14(24)21-7-6-19-16(21)25)26-12(22)8-20-13(23)10-4-2-3-5-11(10)27-15(17)18/h2-5,9,15H,6-8H2,1H3,(H,19,25)(H,20,23)/t9-/m0/s1. The molecule has 0 saturated carbocycles. The van der Waals surface area contributed by atoms with E-state index in [2.05, 4.69) is 15.4 Å². The summed E-state index contributed by atoms with van der Waals surface area (Å²) in [6.45, 7) is -1.96. The Balaban J connectivity index is 1.87. The van der Waals surface area contributed by atoms with E-state index in [0.717, 1.165) is 4.90 Å². The second-order valence-corrected chi connectivity index (χ2v) is 5.41. The Morgan fingerprint density at radius 1 is 1.30 bits per heavy atom. The fourth-order valence-electron chi connectivity index (χ4n) is 2.29. The van der Waals surface area contributed by atoms with E-state index in [1.807, 2.05) is 0 Å². The zero-order chi connectivity index (χ0) is 20.0. The van der Waals surface area contributed by atoms with Gasteiger partial charge in [0.2, 0.25) is 0 Å². The molecule has 1 aromatic carbocycles. The van der Waals surface area contributed by atoms with E-state index in [1.165, 1.54) is 31.2 Å². The van der Waals surface area contributed by atoms with Crippen molar-refractivity contribution >= 4 is 23.8 Å². The molecule has 2 rings (SSSR count). The lowest BCUT2D eigenvalue weighted by Gasteiger charge is -2.18. The SMILES string of the molecule is C[C@H](OC(=O)CNC(=O)c1ccccc1OC(F)F)C(=O)N1CCNC1=O. The number of halogens is 2. The topological polar surface area (TPSA) is 114 Å². The molecule has 146 valence electrons. The van der Waals surface area contributed by atoms with Gasteiger partial charge in [0.1, 0.15) is 12.3 Å². The van der Waals surface area contributed by atoms with E-state index in [0.29, 0.717) is 6.54 Å². The highest BCUT2D eigenvalue weighted by molar-refractivity contribution is 5.99. The maximum Gasteiger partial charge on any atom is 0.387 e. The van der Waals surface area contributed by atoms with E-state index in [-0.39, 0.29) is 17.9 Å². The van der Waals surface area contributed by atoms with Gasteiger partial charge in [-0.25, -0.2) is 4.79 Å². The summed E-state index contributed by atoms with van der Waals surface area (Å²) >= 11 is 0. The number of carbonyl (C=O) groups is 4. The minimum absolute atomic E-state index is 0.164. The first-order chi connectivity index (χ1) is 12.8. The van der Waals surface area contributed by atoms with Gasteiger partial charge in [-0.3, -0.25) is 19.3 Å². The first-order valence-electron chi connectivity index (χ1n) is 7.90. The van der Waals surface area contributed by atoms with Crippen LogP contribution >= 0.6 is 0 Å². The number of urea groups is 1. The predicted molar refractivity (Wildman–Crippen MR) is 86.1 cm³/mol. The lowest BCUT2D eigenvalue weighted by atomic mass is 10.2. The second-order valence-electron chi connectivity index (χ2n) is 5.41. The molecule has 4 amide bonds. The van der Waals surface area contributed by atoms with Crippen LogP contribution in [0.15, 0.2) is 24.3 Å². The fraction of sp³-hybridized carbons (Fsp3) is 0.375. The smallest absolute Gasteiger partial charge is 0.387 e. The van der Waals surface area contributed by atoms with Crippen molar-refractivity contribution in [2.24, 2.45) is 0 Å². The molecule has 0 aromatic heterocycles. The summed E-state index contributed by atoms with van der Waals surface area (Å²) in [6.07, 6.45) is -1.23. The van der Waals surface area contributed by atoms with Crippen molar-refractivity contribution in [3.63, 3.8) is 0 Å². The highest BCUT2D eigenvalue weighted by Gasteiger charge is 2.31. The molecule has 1 atom stereocenters. The van der Waals surface area contributed by atoms with Crippen molar-refractivity contribution in [3.05, 3.63) is 29.8 Å². The van der Waals surface area contributed by atoms with Gasteiger partial charge in [0.25, 0.3) is 11.8 Å². The van der Waals surface area contributed by atoms with Crippen LogP contribution < -0.4 is 15.4 Å². The third-order valence-corrected chi connectivity index (χ3v) is 3.52. The van der Waals surface area contributed by atoms with Gasteiger partial charge in [0, 0.05) is 13.1 Å². The lowest BCUT2D eigenvalue weighted by molar-refractivity contribution is -0.156. The van der Waals surface area contributed by atoms with Crippen LogP contribution in [0.2, 0.25) is 0 Å². The molecule has 1 aromatic rings. The minimum Gasteiger partial charge on any atom is -0.451 e. The van der Waals surface area contributed by atoms with Crippen LogP contribution in [0.3, 0.4) is 0 Å². The normalized spacial score (nSPS) is 14.5. The van der Waals surface area contributed by atoms with Crippen LogP contribution in [-0.4, -0.2) is 61.1 Å². The monoisotopic (exact) mass is 385 g/mol. The third-order valence-electron chi connectivity index (χ3n) is 3.52. The van der Waals surface area contributed by atoms with Crippen LogP contribution in [0.4, 0.5) is 13.6 Å². The Morgan fingerprint density at radius 2 is 2.00 bits per heavy atom. The summed E-state index contributed by atoms with van der Waals surface area (Å²) in [6, 6.07) is 4.70. The zero-order valence-corrected chi connectivity index (χ0v) is 14.2. The van der Waals surface area contributed by atoms with Crippen molar-refractivity contribution in [2.75, 3.05) is 19.6 Å². The Hall–Kier alpha value is -3.24. The molecule has 1 heterocycles. The second kappa shape index (κ2) is 8.92. The Kier molecular flexibility index (Phi) is 6.63. The highest BCUT2D eigenvalue weighted by atomic mass is 19.3. The van der Waals surface area contributed by atoms with Crippen LogP contribution in [0.25, 0.3) is 0 Å². The van der Waals surface area contributed by atoms with Crippen molar-refractivity contribution < 1.29 is 37.4 Å². The number of nitrogens with one attached hydrogen (secondary N) is 2. The third kappa shape index (κ3) is 5.36. The maximum atomic E-state index is 12.4. The van der Waals surface area contributed by atoms with E-state index in [4.69, 9.17) is 4.74 Å². The first-order valence-corrected chi connectivity index (χ1v) is 7.90. The number of hydrogen-bond donors (Lipinski definition) is 2. The summed E-state index contributed by atoms with van der Waals surface area (Å²) in [5.74, 6) is -2.81. The molecule has 9 nitrogen and oxygen atoms in total. The summed E-state index contributed by atoms with van der Waals surface area (Å²) in [7, 11) is 0. The largest absolute Gasteiger partial charge is 0.451 e. The van der Waals surface area contributed by atoms with Crippen LogP contribution in [0, 0.1) is 0 Å². The molecule has 0 radical (unpaired) electrons. The molecule has 0 spiro atoms.